The number of aromatic nitrogens is 3. The molecule has 104 valence electrons. The Bertz CT molecular complexity index is 794. The molecule has 0 atom stereocenters. The molecule has 6 heteroatoms. The molecule has 0 fully saturated rings. The topological polar surface area (TPSA) is 89.1 Å². The minimum Gasteiger partial charge on any atom is -0.478 e. The normalized spacial score (nSPS) is 10.5. The molecule has 0 radical (unpaired) electrons. The summed E-state index contributed by atoms with van der Waals surface area (Å²) in [6.07, 6.45) is 1.66. The number of nitrogens with zero attached hydrogens (tertiary/aromatic N) is 3. The van der Waals surface area contributed by atoms with Crippen LogP contribution in [-0.4, -0.2) is 26.3 Å². The summed E-state index contributed by atoms with van der Waals surface area (Å²) in [5, 5.41) is 16.8. The highest BCUT2D eigenvalue weighted by Crippen LogP contribution is 2.24. The monoisotopic (exact) mass is 281 g/mol. The second-order valence-electron chi connectivity index (χ2n) is 4.46. The molecule has 3 rings (SSSR count). The standard InChI is InChI=1S/C15H11N3O3/c1-9-3-2-8-16-12(9)14-18-17-13(21-14)10-4-6-11(7-5-10)15(19)20/h2-8H,1H3,(H,19,20). The predicted molar refractivity (Wildman–Crippen MR) is 74.7 cm³/mol. The first-order chi connectivity index (χ1) is 10.1. The fourth-order valence-corrected chi connectivity index (χ4v) is 1.90. The van der Waals surface area contributed by atoms with Crippen LogP contribution in [0.3, 0.4) is 0 Å². The van der Waals surface area contributed by atoms with Crippen molar-refractivity contribution < 1.29 is 14.3 Å². The first kappa shape index (κ1) is 13.0. The summed E-state index contributed by atoms with van der Waals surface area (Å²) < 4.78 is 5.60. The molecule has 3 aromatic rings. The van der Waals surface area contributed by atoms with Crippen molar-refractivity contribution in [2.24, 2.45) is 0 Å². The third-order valence-electron chi connectivity index (χ3n) is 3.02. The van der Waals surface area contributed by atoms with Gasteiger partial charge in [0, 0.05) is 11.8 Å². The van der Waals surface area contributed by atoms with Gasteiger partial charge in [0.2, 0.25) is 5.89 Å². The molecule has 2 heterocycles. The van der Waals surface area contributed by atoms with Crippen molar-refractivity contribution in [1.82, 2.24) is 15.2 Å². The Hall–Kier alpha value is -3.02. The molecule has 1 aromatic carbocycles. The van der Waals surface area contributed by atoms with Gasteiger partial charge in [0.05, 0.1) is 5.56 Å². The number of carboxylic acid groups (broad SMARTS) is 1. The number of pyridine rings is 1. The van der Waals surface area contributed by atoms with E-state index in [1.807, 2.05) is 19.1 Å². The van der Waals surface area contributed by atoms with E-state index in [1.54, 1.807) is 18.3 Å². The molecule has 0 unspecified atom stereocenters. The summed E-state index contributed by atoms with van der Waals surface area (Å²) in [6, 6.07) is 9.99. The number of carboxylic acids is 1. The zero-order valence-electron chi connectivity index (χ0n) is 11.1. The van der Waals surface area contributed by atoms with Crippen LogP contribution in [0.2, 0.25) is 0 Å². The molecular weight excluding hydrogens is 270 g/mol. The Labute approximate surface area is 120 Å². The predicted octanol–water partition coefficient (Wildman–Crippen LogP) is 2.81. The molecule has 0 amide bonds. The lowest BCUT2D eigenvalue weighted by Gasteiger charge is -1.98. The van der Waals surface area contributed by atoms with Gasteiger partial charge < -0.3 is 9.52 Å². The highest BCUT2D eigenvalue weighted by Gasteiger charge is 2.13. The van der Waals surface area contributed by atoms with Gasteiger partial charge in [0.25, 0.3) is 5.89 Å². The minimum absolute atomic E-state index is 0.207. The highest BCUT2D eigenvalue weighted by atomic mass is 16.4. The van der Waals surface area contributed by atoms with Gasteiger partial charge in [-0.05, 0) is 42.8 Å². The van der Waals surface area contributed by atoms with Crippen molar-refractivity contribution in [3.05, 3.63) is 53.7 Å². The van der Waals surface area contributed by atoms with E-state index in [-0.39, 0.29) is 5.56 Å². The largest absolute Gasteiger partial charge is 0.478 e. The summed E-state index contributed by atoms with van der Waals surface area (Å²) >= 11 is 0. The fraction of sp³-hybridized carbons (Fsp3) is 0.0667. The van der Waals surface area contributed by atoms with E-state index in [4.69, 9.17) is 9.52 Å². The van der Waals surface area contributed by atoms with Gasteiger partial charge >= 0.3 is 5.97 Å². The van der Waals surface area contributed by atoms with Crippen LogP contribution in [-0.2, 0) is 0 Å². The average Bonchev–Trinajstić information content (AvgIpc) is 2.97. The average molecular weight is 281 g/mol. The third kappa shape index (κ3) is 2.51. The molecule has 0 bridgehead atoms. The number of carbonyl (C=O) groups is 1. The van der Waals surface area contributed by atoms with Gasteiger partial charge in [-0.15, -0.1) is 10.2 Å². The van der Waals surface area contributed by atoms with Gasteiger partial charge in [0.1, 0.15) is 5.69 Å². The van der Waals surface area contributed by atoms with Crippen LogP contribution in [0.5, 0.6) is 0 Å². The van der Waals surface area contributed by atoms with Gasteiger partial charge in [0.15, 0.2) is 0 Å². The van der Waals surface area contributed by atoms with Crippen LogP contribution in [0.25, 0.3) is 23.0 Å². The quantitative estimate of drug-likeness (QED) is 0.794. The maximum atomic E-state index is 10.8. The lowest BCUT2D eigenvalue weighted by molar-refractivity contribution is 0.0697. The lowest BCUT2D eigenvalue weighted by Crippen LogP contribution is -1.94. The summed E-state index contributed by atoms with van der Waals surface area (Å²) in [5.41, 5.74) is 2.44. The number of aromatic carboxylic acids is 1. The molecule has 6 nitrogen and oxygen atoms in total. The number of aryl methyl sites for hydroxylation is 1. The van der Waals surface area contributed by atoms with E-state index in [9.17, 15) is 4.79 Å². The maximum absolute atomic E-state index is 10.8. The number of hydrogen-bond donors (Lipinski definition) is 1. The van der Waals surface area contributed by atoms with E-state index < -0.39 is 5.97 Å². The van der Waals surface area contributed by atoms with Crippen molar-refractivity contribution in [2.75, 3.05) is 0 Å². The Morgan fingerprint density at radius 3 is 2.48 bits per heavy atom. The molecule has 0 aliphatic rings. The molecule has 0 saturated carbocycles. The van der Waals surface area contributed by atoms with Crippen molar-refractivity contribution in [1.29, 1.82) is 0 Å². The number of hydrogen-bond acceptors (Lipinski definition) is 5. The SMILES string of the molecule is Cc1cccnc1-c1nnc(-c2ccc(C(=O)O)cc2)o1. The first-order valence-electron chi connectivity index (χ1n) is 6.24. The minimum atomic E-state index is -0.975. The van der Waals surface area contributed by atoms with Crippen molar-refractivity contribution in [3.8, 4) is 23.0 Å². The van der Waals surface area contributed by atoms with Gasteiger partial charge in [-0.1, -0.05) is 6.07 Å². The van der Waals surface area contributed by atoms with Crippen molar-refractivity contribution >= 4 is 5.97 Å². The lowest BCUT2D eigenvalue weighted by atomic mass is 10.1. The van der Waals surface area contributed by atoms with Crippen LogP contribution < -0.4 is 0 Å². The molecule has 2 aromatic heterocycles. The first-order valence-corrected chi connectivity index (χ1v) is 6.24. The Morgan fingerprint density at radius 1 is 1.10 bits per heavy atom. The summed E-state index contributed by atoms with van der Waals surface area (Å²) in [7, 11) is 0. The zero-order valence-corrected chi connectivity index (χ0v) is 11.1. The van der Waals surface area contributed by atoms with Crippen molar-refractivity contribution in [3.63, 3.8) is 0 Å². The second-order valence-corrected chi connectivity index (χ2v) is 4.46. The number of rotatable bonds is 3. The van der Waals surface area contributed by atoms with E-state index in [2.05, 4.69) is 15.2 Å². The molecule has 1 N–H and O–H groups in total. The second kappa shape index (κ2) is 5.16. The summed E-state index contributed by atoms with van der Waals surface area (Å²) in [5.74, 6) is -0.311. The molecule has 21 heavy (non-hydrogen) atoms. The zero-order chi connectivity index (χ0) is 14.8. The van der Waals surface area contributed by atoms with E-state index in [1.165, 1.54) is 12.1 Å². The van der Waals surface area contributed by atoms with Crippen LogP contribution in [0.4, 0.5) is 0 Å². The van der Waals surface area contributed by atoms with E-state index >= 15 is 0 Å². The van der Waals surface area contributed by atoms with Crippen LogP contribution in [0.1, 0.15) is 15.9 Å². The third-order valence-corrected chi connectivity index (χ3v) is 3.02. The van der Waals surface area contributed by atoms with Gasteiger partial charge in [-0.3, -0.25) is 4.98 Å². The smallest absolute Gasteiger partial charge is 0.335 e. The Balaban J connectivity index is 1.95. The van der Waals surface area contributed by atoms with Gasteiger partial charge in [-0.25, -0.2) is 4.79 Å². The Morgan fingerprint density at radius 2 is 1.81 bits per heavy atom. The molecular formula is C15H11N3O3. The molecule has 0 saturated heterocycles. The molecule has 0 aliphatic heterocycles. The maximum Gasteiger partial charge on any atom is 0.335 e. The van der Waals surface area contributed by atoms with Crippen LogP contribution in [0.15, 0.2) is 47.0 Å². The summed E-state index contributed by atoms with van der Waals surface area (Å²) in [4.78, 5) is 15.0. The van der Waals surface area contributed by atoms with Crippen LogP contribution in [0, 0.1) is 6.92 Å². The number of benzene rings is 1. The van der Waals surface area contributed by atoms with E-state index in [0.717, 1.165) is 5.56 Å². The van der Waals surface area contributed by atoms with Crippen molar-refractivity contribution in [2.45, 2.75) is 6.92 Å². The highest BCUT2D eigenvalue weighted by molar-refractivity contribution is 5.88. The fourth-order valence-electron chi connectivity index (χ4n) is 1.90. The molecule has 0 aliphatic carbocycles. The Kier molecular flexibility index (Phi) is 3.19. The molecule has 0 spiro atoms. The van der Waals surface area contributed by atoms with E-state index in [0.29, 0.717) is 23.0 Å². The van der Waals surface area contributed by atoms with Gasteiger partial charge in [-0.2, -0.15) is 0 Å². The summed E-state index contributed by atoms with van der Waals surface area (Å²) in [6.45, 7) is 1.91. The van der Waals surface area contributed by atoms with Crippen LogP contribution >= 0.6 is 0 Å².